The molecule has 1 amide bonds. The maximum absolute atomic E-state index is 12.9. The highest BCUT2D eigenvalue weighted by Gasteiger charge is 2.23. The Bertz CT molecular complexity index is 900. The van der Waals surface area contributed by atoms with Crippen LogP contribution in [0.15, 0.2) is 37.1 Å². The fourth-order valence-electron chi connectivity index (χ4n) is 3.40. The van der Waals surface area contributed by atoms with E-state index in [0.29, 0.717) is 17.8 Å². The van der Waals surface area contributed by atoms with Crippen molar-refractivity contribution in [1.29, 1.82) is 0 Å². The Morgan fingerprint density at radius 1 is 1.15 bits per heavy atom. The van der Waals surface area contributed by atoms with E-state index in [2.05, 4.69) is 33.2 Å². The molecule has 0 N–H and O–H groups in total. The third-order valence-electron chi connectivity index (χ3n) is 4.80. The molecule has 0 bridgehead atoms. The van der Waals surface area contributed by atoms with Crippen LogP contribution < -0.4 is 0 Å². The molecule has 8 heteroatoms. The zero-order valence-electron chi connectivity index (χ0n) is 15.0. The number of aromatic nitrogens is 5. The highest BCUT2D eigenvalue weighted by Crippen LogP contribution is 2.14. The highest BCUT2D eigenvalue weighted by atomic mass is 16.2. The largest absolute Gasteiger partial charge is 0.337 e. The first-order chi connectivity index (χ1) is 12.7. The molecule has 1 saturated heterocycles. The summed E-state index contributed by atoms with van der Waals surface area (Å²) in [5.41, 5.74) is 2.41. The zero-order chi connectivity index (χ0) is 17.9. The first-order valence-corrected chi connectivity index (χ1v) is 9.06. The molecule has 1 aliphatic heterocycles. The second kappa shape index (κ2) is 7.25. The molecular formula is C18H23N7O. The van der Waals surface area contributed by atoms with Gasteiger partial charge in [-0.25, -0.2) is 9.50 Å². The summed E-state index contributed by atoms with van der Waals surface area (Å²) in [6.45, 7) is 7.15. The Balaban J connectivity index is 1.42. The summed E-state index contributed by atoms with van der Waals surface area (Å²) in [7, 11) is 0. The minimum atomic E-state index is 0.0133. The standard InChI is InChI=1S/C18H23N7O/c1-2-24-14-15(11-20-24)13-22-6-4-7-23(10-9-22)18(26)16-12-21-25-8-3-5-19-17(16)25/h3,5,8,11-12,14H,2,4,6-7,9-10,13H2,1H3. The van der Waals surface area contributed by atoms with Gasteiger partial charge in [-0.2, -0.15) is 10.2 Å². The number of carbonyl (C=O) groups is 1. The fraction of sp³-hybridized carbons (Fsp3) is 0.444. The molecular weight excluding hydrogens is 330 g/mol. The maximum Gasteiger partial charge on any atom is 0.259 e. The average molecular weight is 353 g/mol. The van der Waals surface area contributed by atoms with E-state index in [1.54, 1.807) is 29.2 Å². The molecule has 8 nitrogen and oxygen atoms in total. The number of carbonyl (C=O) groups excluding carboxylic acids is 1. The first-order valence-electron chi connectivity index (χ1n) is 9.06. The molecule has 0 saturated carbocycles. The molecule has 4 rings (SSSR count). The molecule has 1 aliphatic rings. The van der Waals surface area contributed by atoms with E-state index in [4.69, 9.17) is 0 Å². The highest BCUT2D eigenvalue weighted by molar-refractivity contribution is 5.99. The third kappa shape index (κ3) is 3.32. The van der Waals surface area contributed by atoms with Gasteiger partial charge in [0.15, 0.2) is 5.65 Å². The van der Waals surface area contributed by atoms with Gasteiger partial charge in [-0.15, -0.1) is 0 Å². The van der Waals surface area contributed by atoms with Gasteiger partial charge in [0.2, 0.25) is 0 Å². The van der Waals surface area contributed by atoms with Crippen LogP contribution in [0.3, 0.4) is 0 Å². The van der Waals surface area contributed by atoms with Crippen molar-refractivity contribution >= 4 is 11.6 Å². The van der Waals surface area contributed by atoms with Gasteiger partial charge in [-0.1, -0.05) is 0 Å². The molecule has 26 heavy (non-hydrogen) atoms. The zero-order valence-corrected chi connectivity index (χ0v) is 15.0. The van der Waals surface area contributed by atoms with Crippen molar-refractivity contribution in [3.8, 4) is 0 Å². The first kappa shape index (κ1) is 16.7. The van der Waals surface area contributed by atoms with E-state index in [1.807, 2.05) is 15.8 Å². The molecule has 4 heterocycles. The Labute approximate surface area is 152 Å². The van der Waals surface area contributed by atoms with Crippen LogP contribution in [-0.4, -0.2) is 66.3 Å². The lowest BCUT2D eigenvalue weighted by molar-refractivity contribution is 0.0763. The van der Waals surface area contributed by atoms with Crippen molar-refractivity contribution < 1.29 is 4.79 Å². The van der Waals surface area contributed by atoms with Gasteiger partial charge in [0.25, 0.3) is 5.91 Å². The van der Waals surface area contributed by atoms with Gasteiger partial charge in [-0.05, 0) is 19.4 Å². The van der Waals surface area contributed by atoms with E-state index in [-0.39, 0.29) is 5.91 Å². The summed E-state index contributed by atoms with van der Waals surface area (Å²) in [4.78, 5) is 21.5. The topological polar surface area (TPSA) is 71.6 Å². The van der Waals surface area contributed by atoms with Gasteiger partial charge >= 0.3 is 0 Å². The van der Waals surface area contributed by atoms with E-state index in [1.165, 1.54) is 5.56 Å². The monoisotopic (exact) mass is 353 g/mol. The van der Waals surface area contributed by atoms with Crippen molar-refractivity contribution in [1.82, 2.24) is 34.2 Å². The predicted octanol–water partition coefficient (Wildman–Crippen LogP) is 1.29. The number of aryl methyl sites for hydroxylation is 1. The fourth-order valence-corrected chi connectivity index (χ4v) is 3.40. The average Bonchev–Trinajstić information content (AvgIpc) is 3.23. The molecule has 3 aromatic heterocycles. The second-order valence-electron chi connectivity index (χ2n) is 6.57. The van der Waals surface area contributed by atoms with Crippen molar-refractivity contribution in [2.45, 2.75) is 26.4 Å². The molecule has 0 radical (unpaired) electrons. The molecule has 0 aromatic carbocycles. The van der Waals surface area contributed by atoms with Gasteiger partial charge in [0.1, 0.15) is 5.56 Å². The van der Waals surface area contributed by atoms with Crippen LogP contribution in [0.5, 0.6) is 0 Å². The van der Waals surface area contributed by atoms with Crippen molar-refractivity contribution in [3.63, 3.8) is 0 Å². The lowest BCUT2D eigenvalue weighted by Gasteiger charge is -2.21. The Morgan fingerprint density at radius 2 is 2.08 bits per heavy atom. The molecule has 136 valence electrons. The molecule has 0 atom stereocenters. The third-order valence-corrected chi connectivity index (χ3v) is 4.80. The summed E-state index contributed by atoms with van der Waals surface area (Å²) in [5.74, 6) is 0.0133. The minimum absolute atomic E-state index is 0.0133. The van der Waals surface area contributed by atoms with Gasteiger partial charge < -0.3 is 4.90 Å². The van der Waals surface area contributed by atoms with Crippen molar-refractivity contribution in [2.24, 2.45) is 0 Å². The normalized spacial score (nSPS) is 16.1. The summed E-state index contributed by atoms with van der Waals surface area (Å²) in [5, 5.41) is 8.56. The molecule has 3 aromatic rings. The van der Waals surface area contributed by atoms with E-state index < -0.39 is 0 Å². The van der Waals surface area contributed by atoms with Crippen LogP contribution in [0.1, 0.15) is 29.3 Å². The van der Waals surface area contributed by atoms with Crippen molar-refractivity contribution in [3.05, 3.63) is 48.2 Å². The molecule has 0 aliphatic carbocycles. The Kier molecular flexibility index (Phi) is 4.66. The molecule has 0 unspecified atom stereocenters. The Hall–Kier alpha value is -2.74. The smallest absolute Gasteiger partial charge is 0.259 e. The second-order valence-corrected chi connectivity index (χ2v) is 6.57. The number of hydrogen-bond donors (Lipinski definition) is 0. The lowest BCUT2D eigenvalue weighted by Crippen LogP contribution is -2.35. The predicted molar refractivity (Wildman–Crippen MR) is 96.7 cm³/mol. The number of nitrogens with zero attached hydrogens (tertiary/aromatic N) is 7. The maximum atomic E-state index is 12.9. The van der Waals surface area contributed by atoms with Crippen LogP contribution >= 0.6 is 0 Å². The van der Waals surface area contributed by atoms with Crippen LogP contribution in [0.2, 0.25) is 0 Å². The molecule has 1 fully saturated rings. The van der Waals surface area contributed by atoms with Gasteiger partial charge in [0.05, 0.1) is 12.4 Å². The summed E-state index contributed by atoms with van der Waals surface area (Å²) >= 11 is 0. The number of amides is 1. The summed E-state index contributed by atoms with van der Waals surface area (Å²) in [6, 6.07) is 1.80. The van der Waals surface area contributed by atoms with Crippen LogP contribution in [0.25, 0.3) is 5.65 Å². The van der Waals surface area contributed by atoms with Crippen LogP contribution in [-0.2, 0) is 13.1 Å². The minimum Gasteiger partial charge on any atom is -0.337 e. The quantitative estimate of drug-likeness (QED) is 0.707. The van der Waals surface area contributed by atoms with E-state index >= 15 is 0 Å². The number of fused-ring (bicyclic) bond motifs is 1. The van der Waals surface area contributed by atoms with Gasteiger partial charge in [-0.3, -0.25) is 14.4 Å². The SMILES string of the molecule is CCn1cc(CN2CCCN(C(=O)c3cnn4cccnc34)CC2)cn1. The van der Waals surface area contributed by atoms with Crippen molar-refractivity contribution in [2.75, 3.05) is 26.2 Å². The lowest BCUT2D eigenvalue weighted by atomic mass is 10.2. The van der Waals surface area contributed by atoms with Crippen LogP contribution in [0.4, 0.5) is 0 Å². The summed E-state index contributed by atoms with van der Waals surface area (Å²) < 4.78 is 3.59. The molecule has 0 spiro atoms. The van der Waals surface area contributed by atoms with Crippen LogP contribution in [0, 0.1) is 0 Å². The number of hydrogen-bond acceptors (Lipinski definition) is 5. The van der Waals surface area contributed by atoms with E-state index in [0.717, 1.165) is 39.1 Å². The Morgan fingerprint density at radius 3 is 2.92 bits per heavy atom. The van der Waals surface area contributed by atoms with Gasteiger partial charge in [0, 0.05) is 63.4 Å². The van der Waals surface area contributed by atoms with E-state index in [9.17, 15) is 4.79 Å². The number of rotatable bonds is 4. The summed E-state index contributed by atoms with van der Waals surface area (Å²) in [6.07, 6.45) is 10.1.